The Morgan fingerprint density at radius 1 is 1.23 bits per heavy atom. The fraction of sp³-hybridized carbons (Fsp3) is 0.588. The van der Waals surface area contributed by atoms with E-state index in [2.05, 4.69) is 34.1 Å². The quantitative estimate of drug-likeness (QED) is 0.829. The molecular formula is C17H27N3O2. The molecule has 122 valence electrons. The molecule has 1 aliphatic heterocycles. The highest BCUT2D eigenvalue weighted by Crippen LogP contribution is 2.15. The van der Waals surface area contributed by atoms with E-state index in [4.69, 9.17) is 0 Å². The van der Waals surface area contributed by atoms with E-state index in [1.807, 2.05) is 24.9 Å². The molecule has 0 aliphatic carbocycles. The number of benzene rings is 1. The number of carboxylic acids is 1. The van der Waals surface area contributed by atoms with Crippen LogP contribution in [0.1, 0.15) is 13.3 Å². The van der Waals surface area contributed by atoms with Crippen LogP contribution in [0.4, 0.5) is 5.69 Å². The normalized spacial score (nSPS) is 17.7. The van der Waals surface area contributed by atoms with E-state index < -0.39 is 5.97 Å². The molecule has 0 radical (unpaired) electrons. The topological polar surface area (TPSA) is 47.0 Å². The summed E-state index contributed by atoms with van der Waals surface area (Å²) < 4.78 is 0. The second-order valence-electron chi connectivity index (χ2n) is 5.91. The van der Waals surface area contributed by atoms with E-state index in [9.17, 15) is 9.90 Å². The second kappa shape index (κ2) is 8.15. The van der Waals surface area contributed by atoms with Crippen molar-refractivity contribution in [3.63, 3.8) is 0 Å². The number of rotatable bonds is 7. The van der Waals surface area contributed by atoms with Gasteiger partial charge in [-0.25, -0.2) is 0 Å². The lowest BCUT2D eigenvalue weighted by Crippen LogP contribution is -2.49. The summed E-state index contributed by atoms with van der Waals surface area (Å²) in [5.41, 5.74) is 1.29. The van der Waals surface area contributed by atoms with E-state index in [0.29, 0.717) is 6.42 Å². The summed E-state index contributed by atoms with van der Waals surface area (Å²) in [6.45, 7) is 7.79. The van der Waals surface area contributed by atoms with Crippen molar-refractivity contribution in [3.8, 4) is 0 Å². The van der Waals surface area contributed by atoms with Gasteiger partial charge in [0.25, 0.3) is 0 Å². The summed E-state index contributed by atoms with van der Waals surface area (Å²) >= 11 is 0. The lowest BCUT2D eigenvalue weighted by Gasteiger charge is -2.37. The average Bonchev–Trinajstić information content (AvgIpc) is 2.54. The highest BCUT2D eigenvalue weighted by molar-refractivity contribution is 5.73. The minimum Gasteiger partial charge on any atom is -0.480 e. The van der Waals surface area contributed by atoms with Gasteiger partial charge in [0.2, 0.25) is 0 Å². The van der Waals surface area contributed by atoms with Crippen molar-refractivity contribution >= 4 is 11.7 Å². The number of carboxylic acid groups (broad SMARTS) is 1. The number of aliphatic carboxylic acids is 1. The molecule has 1 aromatic carbocycles. The Balaban J connectivity index is 1.75. The third-order valence-electron chi connectivity index (χ3n) is 4.47. The predicted molar refractivity (Wildman–Crippen MR) is 89.4 cm³/mol. The standard InChI is InChI=1S/C17H27N3O2/c1-3-16(17(21)22)18(2)9-10-19-11-13-20(14-12-19)15-7-5-4-6-8-15/h4-8,16H,3,9-14H2,1-2H3,(H,21,22)/t16-/m0/s1. The van der Waals surface area contributed by atoms with Gasteiger partial charge in [0, 0.05) is 45.0 Å². The van der Waals surface area contributed by atoms with E-state index in [0.717, 1.165) is 39.3 Å². The fourth-order valence-corrected chi connectivity index (χ4v) is 3.00. The molecule has 1 N–H and O–H groups in total. The summed E-state index contributed by atoms with van der Waals surface area (Å²) in [4.78, 5) is 17.9. The molecule has 0 bridgehead atoms. The monoisotopic (exact) mass is 305 g/mol. The summed E-state index contributed by atoms with van der Waals surface area (Å²) in [5, 5.41) is 9.18. The van der Waals surface area contributed by atoms with Crippen LogP contribution >= 0.6 is 0 Å². The largest absolute Gasteiger partial charge is 0.480 e. The van der Waals surface area contributed by atoms with Crippen LogP contribution < -0.4 is 4.90 Å². The lowest BCUT2D eigenvalue weighted by atomic mass is 10.2. The molecule has 1 fully saturated rings. The van der Waals surface area contributed by atoms with E-state index >= 15 is 0 Å². The summed E-state index contributed by atoms with van der Waals surface area (Å²) in [6, 6.07) is 10.1. The van der Waals surface area contributed by atoms with Gasteiger partial charge < -0.3 is 10.0 Å². The Kier molecular flexibility index (Phi) is 6.21. The maximum atomic E-state index is 11.2. The number of para-hydroxylation sites is 1. The Bertz CT molecular complexity index is 458. The molecule has 5 nitrogen and oxygen atoms in total. The second-order valence-corrected chi connectivity index (χ2v) is 5.91. The van der Waals surface area contributed by atoms with Gasteiger partial charge in [-0.1, -0.05) is 25.1 Å². The van der Waals surface area contributed by atoms with Crippen LogP contribution in [0.15, 0.2) is 30.3 Å². The van der Waals surface area contributed by atoms with Crippen molar-refractivity contribution in [2.75, 3.05) is 51.2 Å². The molecule has 2 rings (SSSR count). The first-order valence-corrected chi connectivity index (χ1v) is 8.07. The molecular weight excluding hydrogens is 278 g/mol. The first kappa shape index (κ1) is 16.8. The summed E-state index contributed by atoms with van der Waals surface area (Å²) in [7, 11) is 1.91. The van der Waals surface area contributed by atoms with Crippen molar-refractivity contribution in [2.24, 2.45) is 0 Å². The maximum absolute atomic E-state index is 11.2. The smallest absolute Gasteiger partial charge is 0.320 e. The first-order valence-electron chi connectivity index (χ1n) is 8.07. The summed E-state index contributed by atoms with van der Waals surface area (Å²) in [6.07, 6.45) is 0.646. The van der Waals surface area contributed by atoms with Crippen molar-refractivity contribution in [1.29, 1.82) is 0 Å². The van der Waals surface area contributed by atoms with Crippen molar-refractivity contribution in [1.82, 2.24) is 9.80 Å². The minimum absolute atomic E-state index is 0.370. The molecule has 0 amide bonds. The third kappa shape index (κ3) is 4.45. The predicted octanol–water partition coefficient (Wildman–Crippen LogP) is 1.60. The molecule has 1 heterocycles. The van der Waals surface area contributed by atoms with Gasteiger partial charge in [0.15, 0.2) is 0 Å². The third-order valence-corrected chi connectivity index (χ3v) is 4.47. The molecule has 0 aromatic heterocycles. The lowest BCUT2D eigenvalue weighted by molar-refractivity contribution is -0.142. The number of hydrogen-bond donors (Lipinski definition) is 1. The van der Waals surface area contributed by atoms with Crippen LogP contribution in [0.2, 0.25) is 0 Å². The number of carbonyl (C=O) groups is 1. The Morgan fingerprint density at radius 3 is 2.41 bits per heavy atom. The zero-order chi connectivity index (χ0) is 15.9. The Morgan fingerprint density at radius 2 is 1.86 bits per heavy atom. The van der Waals surface area contributed by atoms with Gasteiger partial charge in [0.05, 0.1) is 0 Å². The zero-order valence-corrected chi connectivity index (χ0v) is 13.6. The van der Waals surface area contributed by atoms with Crippen molar-refractivity contribution < 1.29 is 9.90 Å². The molecule has 1 aliphatic rings. The Hall–Kier alpha value is -1.59. The van der Waals surface area contributed by atoms with Crippen LogP contribution in [0.3, 0.4) is 0 Å². The maximum Gasteiger partial charge on any atom is 0.320 e. The van der Waals surface area contributed by atoms with Crippen LogP contribution in [0.25, 0.3) is 0 Å². The first-order chi connectivity index (χ1) is 10.6. The van der Waals surface area contributed by atoms with Gasteiger partial charge in [-0.05, 0) is 25.6 Å². The number of likely N-dealkylation sites (N-methyl/N-ethyl adjacent to an activating group) is 1. The van der Waals surface area contributed by atoms with Gasteiger partial charge in [-0.2, -0.15) is 0 Å². The molecule has 1 saturated heterocycles. The van der Waals surface area contributed by atoms with E-state index in [-0.39, 0.29) is 6.04 Å². The van der Waals surface area contributed by atoms with Gasteiger partial charge in [-0.15, -0.1) is 0 Å². The van der Waals surface area contributed by atoms with Gasteiger partial charge in [-0.3, -0.25) is 14.6 Å². The van der Waals surface area contributed by atoms with Gasteiger partial charge >= 0.3 is 5.97 Å². The molecule has 22 heavy (non-hydrogen) atoms. The summed E-state index contributed by atoms with van der Waals surface area (Å²) in [5.74, 6) is -0.723. The van der Waals surface area contributed by atoms with Crippen LogP contribution in [0.5, 0.6) is 0 Å². The number of nitrogens with zero attached hydrogens (tertiary/aromatic N) is 3. The van der Waals surface area contributed by atoms with Crippen LogP contribution in [-0.2, 0) is 4.79 Å². The van der Waals surface area contributed by atoms with Crippen LogP contribution in [-0.4, -0.2) is 73.2 Å². The molecule has 0 unspecified atom stereocenters. The minimum atomic E-state index is -0.723. The van der Waals surface area contributed by atoms with E-state index in [1.54, 1.807) is 0 Å². The molecule has 0 spiro atoms. The zero-order valence-electron chi connectivity index (χ0n) is 13.6. The van der Waals surface area contributed by atoms with Crippen molar-refractivity contribution in [3.05, 3.63) is 30.3 Å². The Labute approximate surface area is 133 Å². The number of hydrogen-bond acceptors (Lipinski definition) is 4. The van der Waals surface area contributed by atoms with E-state index in [1.165, 1.54) is 5.69 Å². The van der Waals surface area contributed by atoms with Gasteiger partial charge in [0.1, 0.15) is 6.04 Å². The fourth-order valence-electron chi connectivity index (χ4n) is 3.00. The molecule has 1 atom stereocenters. The number of piperazine rings is 1. The van der Waals surface area contributed by atoms with Crippen LogP contribution in [0, 0.1) is 0 Å². The highest BCUT2D eigenvalue weighted by atomic mass is 16.4. The number of anilines is 1. The molecule has 0 saturated carbocycles. The molecule has 1 aromatic rings. The molecule has 5 heteroatoms. The average molecular weight is 305 g/mol. The van der Waals surface area contributed by atoms with Crippen molar-refractivity contribution in [2.45, 2.75) is 19.4 Å². The highest BCUT2D eigenvalue weighted by Gasteiger charge is 2.22. The SMILES string of the molecule is CC[C@@H](C(=O)O)N(C)CCN1CCN(c2ccccc2)CC1.